The average Bonchev–Trinajstić information content (AvgIpc) is 2.75. The molecule has 5 atom stereocenters. The number of aromatic hydroxyl groups is 5. The number of ether oxygens (including phenoxy) is 4. The van der Waals surface area contributed by atoms with E-state index in [1.807, 2.05) is 0 Å². The molecule has 2 aromatic carbocycles. The van der Waals surface area contributed by atoms with Gasteiger partial charge in [0.2, 0.25) is 12.0 Å². The molecule has 11 nitrogen and oxygen atoms in total. The number of aliphatic hydroxyl groups is 4. The lowest BCUT2D eigenvalue weighted by atomic mass is 10.00. The SMILES string of the molecule is COc1cc(C2[OH+]c3cc(O)cc(O)c3C=C2OC2OCC(O)C(O)C2O)cc(O)c1O. The van der Waals surface area contributed by atoms with Gasteiger partial charge in [0.25, 0.3) is 11.9 Å². The Bertz CT molecular complexity index is 1050. The zero-order valence-electron chi connectivity index (χ0n) is 16.8. The van der Waals surface area contributed by atoms with E-state index in [2.05, 4.69) is 4.74 Å². The van der Waals surface area contributed by atoms with Crippen LogP contribution < -0.4 is 4.74 Å². The molecule has 2 aliphatic rings. The number of fused-ring (bicyclic) bond motifs is 1. The summed E-state index contributed by atoms with van der Waals surface area (Å²) in [5.41, 5.74) is 0.526. The van der Waals surface area contributed by atoms with Gasteiger partial charge in [-0.2, -0.15) is 0 Å². The first-order chi connectivity index (χ1) is 15.2. The van der Waals surface area contributed by atoms with Crippen LogP contribution in [0.25, 0.3) is 6.08 Å². The molecule has 0 amide bonds. The van der Waals surface area contributed by atoms with Gasteiger partial charge in [-0.15, -0.1) is 0 Å². The van der Waals surface area contributed by atoms with Crippen molar-refractivity contribution in [1.29, 1.82) is 0 Å². The van der Waals surface area contributed by atoms with Crippen LogP contribution in [0.15, 0.2) is 30.0 Å². The monoisotopic (exact) mass is 451 g/mol. The van der Waals surface area contributed by atoms with Crippen molar-refractivity contribution in [3.63, 3.8) is 0 Å². The van der Waals surface area contributed by atoms with Gasteiger partial charge < -0.3 is 54.7 Å². The van der Waals surface area contributed by atoms with E-state index in [0.717, 1.165) is 6.07 Å². The number of benzene rings is 2. The van der Waals surface area contributed by atoms with Crippen LogP contribution in [0.3, 0.4) is 0 Å². The Morgan fingerprint density at radius 3 is 2.44 bits per heavy atom. The van der Waals surface area contributed by atoms with E-state index < -0.39 is 42.2 Å². The first kappa shape index (κ1) is 21.8. The van der Waals surface area contributed by atoms with Gasteiger partial charge in [-0.3, -0.25) is 0 Å². The van der Waals surface area contributed by atoms with Gasteiger partial charge in [0.15, 0.2) is 17.3 Å². The number of aliphatic hydroxyl groups excluding tert-OH is 3. The minimum Gasteiger partial charge on any atom is -0.571 e. The summed E-state index contributed by atoms with van der Waals surface area (Å²) in [5, 5.41) is 70.0. The molecule has 11 heteroatoms. The Morgan fingerprint density at radius 1 is 0.969 bits per heavy atom. The van der Waals surface area contributed by atoms with Gasteiger partial charge in [-0.05, 0) is 12.1 Å². The van der Waals surface area contributed by atoms with E-state index in [1.54, 1.807) is 0 Å². The van der Waals surface area contributed by atoms with Gasteiger partial charge in [0.05, 0.1) is 25.3 Å². The number of rotatable bonds is 4. The van der Waals surface area contributed by atoms with Crippen LogP contribution in [0, 0.1) is 0 Å². The lowest BCUT2D eigenvalue weighted by Crippen LogP contribution is -2.53. The highest BCUT2D eigenvalue weighted by molar-refractivity contribution is 5.69. The molecule has 2 aliphatic heterocycles. The maximum Gasteiger partial charge on any atom is 0.270 e. The average molecular weight is 451 g/mol. The highest BCUT2D eigenvalue weighted by Gasteiger charge is 2.42. The molecule has 172 valence electrons. The van der Waals surface area contributed by atoms with Crippen molar-refractivity contribution in [3.05, 3.63) is 41.2 Å². The smallest absolute Gasteiger partial charge is 0.270 e. The van der Waals surface area contributed by atoms with E-state index in [1.165, 1.54) is 31.4 Å². The lowest BCUT2D eigenvalue weighted by molar-refractivity contribution is -0.263. The number of hydrogen-bond donors (Lipinski definition) is 7. The summed E-state index contributed by atoms with van der Waals surface area (Å²) in [4.78, 5) is 0. The Labute approximate surface area is 181 Å². The molecule has 4 rings (SSSR count). The Balaban J connectivity index is 1.77. The minimum atomic E-state index is -1.59. The number of hydrogen-bond acceptors (Lipinski definition) is 10. The van der Waals surface area contributed by atoms with Crippen LogP contribution in [0.4, 0.5) is 0 Å². The fourth-order valence-corrected chi connectivity index (χ4v) is 3.57. The molecule has 1 saturated heterocycles. The first-order valence-corrected chi connectivity index (χ1v) is 9.60. The van der Waals surface area contributed by atoms with Gasteiger partial charge >= 0.3 is 0 Å². The van der Waals surface area contributed by atoms with Crippen molar-refractivity contribution >= 4 is 6.08 Å². The topological polar surface area (TPSA) is 182 Å². The van der Waals surface area contributed by atoms with Crippen molar-refractivity contribution < 1.29 is 54.7 Å². The molecule has 5 unspecified atom stereocenters. The third-order valence-corrected chi connectivity index (χ3v) is 5.26. The summed E-state index contributed by atoms with van der Waals surface area (Å²) in [6.45, 7) is -0.290. The van der Waals surface area contributed by atoms with Crippen LogP contribution in [-0.2, 0) is 9.47 Å². The number of phenols is 4. The summed E-state index contributed by atoms with van der Waals surface area (Å²) in [5.74, 6) is -1.23. The van der Waals surface area contributed by atoms with Crippen LogP contribution >= 0.6 is 0 Å². The Hall–Kier alpha value is -3.38. The minimum absolute atomic E-state index is 0.0356. The zero-order valence-corrected chi connectivity index (χ0v) is 16.8. The van der Waals surface area contributed by atoms with Gasteiger partial charge in [0, 0.05) is 12.1 Å². The predicted molar refractivity (Wildman–Crippen MR) is 107 cm³/mol. The van der Waals surface area contributed by atoms with Gasteiger partial charge in [0.1, 0.15) is 35.4 Å². The molecule has 2 aromatic rings. The first-order valence-electron chi connectivity index (χ1n) is 9.60. The van der Waals surface area contributed by atoms with Crippen molar-refractivity contribution in [2.75, 3.05) is 13.7 Å². The Kier molecular flexibility index (Phi) is 5.65. The normalized spacial score (nSPS) is 27.1. The quantitative estimate of drug-likeness (QED) is 0.252. The fraction of sp³-hybridized carbons (Fsp3) is 0.333. The van der Waals surface area contributed by atoms with Crippen LogP contribution in [-0.4, -0.2) is 78.8 Å². The molecule has 0 radical (unpaired) electrons. The third kappa shape index (κ3) is 3.82. The second-order valence-electron chi connectivity index (χ2n) is 7.44. The standard InChI is InChI=1S/C21H22O11/c1-29-15-3-8(2-12(24)17(15)26)20-16(32-21-19(28)18(27)13(25)7-30-21)6-10-11(23)4-9(22)5-14(10)31-20/h2-6,13,18-28H,7H2,1H3/p+1. The molecular formula is C21H23O11+. The molecule has 0 aliphatic carbocycles. The van der Waals surface area contributed by atoms with Crippen molar-refractivity contribution in [2.24, 2.45) is 0 Å². The summed E-state index contributed by atoms with van der Waals surface area (Å²) in [7, 11) is 1.30. The van der Waals surface area contributed by atoms with Gasteiger partial charge in [-0.1, -0.05) is 0 Å². The molecule has 0 spiro atoms. The molecule has 0 bridgehead atoms. The summed E-state index contributed by atoms with van der Waals surface area (Å²) < 4.78 is 20.6. The summed E-state index contributed by atoms with van der Waals surface area (Å²) >= 11 is 0. The highest BCUT2D eigenvalue weighted by atomic mass is 16.7. The molecule has 2 heterocycles. The molecule has 0 saturated carbocycles. The Morgan fingerprint density at radius 2 is 1.72 bits per heavy atom. The predicted octanol–water partition coefficient (Wildman–Crippen LogP) is 0.310. The maximum atomic E-state index is 10.3. The summed E-state index contributed by atoms with van der Waals surface area (Å²) in [6, 6.07) is 5.07. The summed E-state index contributed by atoms with van der Waals surface area (Å²) in [6.07, 6.45) is -5.33. The number of phenolic OH excluding ortho intramolecular Hbond substituents is 4. The molecule has 8 N–H and O–H groups in total. The van der Waals surface area contributed by atoms with E-state index >= 15 is 0 Å². The van der Waals surface area contributed by atoms with Crippen LogP contribution in [0.5, 0.6) is 34.5 Å². The van der Waals surface area contributed by atoms with Crippen molar-refractivity contribution in [1.82, 2.24) is 0 Å². The van der Waals surface area contributed by atoms with Crippen LogP contribution in [0.1, 0.15) is 17.2 Å². The maximum absolute atomic E-state index is 10.3. The van der Waals surface area contributed by atoms with Crippen LogP contribution in [0.2, 0.25) is 0 Å². The number of methoxy groups -OCH3 is 1. The highest BCUT2D eigenvalue weighted by Crippen LogP contribution is 2.47. The molecular weight excluding hydrogens is 428 g/mol. The van der Waals surface area contributed by atoms with Crippen molar-refractivity contribution in [3.8, 4) is 34.5 Å². The van der Waals surface area contributed by atoms with E-state index in [0.29, 0.717) is 5.56 Å². The van der Waals surface area contributed by atoms with E-state index in [9.17, 15) is 35.7 Å². The molecule has 32 heavy (non-hydrogen) atoms. The van der Waals surface area contributed by atoms with E-state index in [-0.39, 0.29) is 40.9 Å². The zero-order chi connectivity index (χ0) is 23.2. The second kappa shape index (κ2) is 8.28. The van der Waals surface area contributed by atoms with Crippen molar-refractivity contribution in [2.45, 2.75) is 30.7 Å². The lowest BCUT2D eigenvalue weighted by Gasteiger charge is -2.36. The molecule has 0 aromatic heterocycles. The van der Waals surface area contributed by atoms with E-state index in [4.69, 9.17) is 14.2 Å². The largest absolute Gasteiger partial charge is 0.571 e. The third-order valence-electron chi connectivity index (χ3n) is 5.26. The van der Waals surface area contributed by atoms with Gasteiger partial charge in [-0.25, -0.2) is 0 Å². The second-order valence-corrected chi connectivity index (χ2v) is 7.44. The molecule has 1 fully saturated rings. The fourth-order valence-electron chi connectivity index (χ4n) is 3.57.